The van der Waals surface area contributed by atoms with Crippen molar-refractivity contribution >= 4 is 45.2 Å². The molecule has 16 heteroatoms. The third kappa shape index (κ3) is 5.38. The number of morpholine rings is 1. The Kier molecular flexibility index (Phi) is 7.67. The van der Waals surface area contributed by atoms with Crippen LogP contribution in [0.3, 0.4) is 0 Å². The number of anilines is 3. The SMILES string of the molecule is CNc1cncc(-c2cnc(O[C@H]3C[C@@H](C(=O)O)N(c4nc(C(F)(F)F)nc5c4oc4ccccc45)C3)c(N3CCOC4(COC4)[C@@H]3C)c2)c1. The standard InChI is InChI=1S/C34H32F3N7O6/c1-18-33(16-47-17-33)48-8-7-43(18)24-10-20(19-9-21(38-2)14-39-12-19)13-40-30(24)49-22-11-25(31(45)46)44(15-22)29-28-27(41-32(42-29)34(35,36)37)23-5-3-4-6-26(23)50-28/h3-6,9-10,12-14,18,22,25,38H,7-8,11,15-17H2,1-2H3,(H,45,46)/t18-,22-,25-/m0/s1. The first-order valence-corrected chi connectivity index (χ1v) is 16.1. The summed E-state index contributed by atoms with van der Waals surface area (Å²) in [5.74, 6) is -2.67. The van der Waals surface area contributed by atoms with Crippen molar-refractivity contribution in [3.8, 4) is 17.0 Å². The normalized spacial score (nSPS) is 21.9. The van der Waals surface area contributed by atoms with E-state index in [0.29, 0.717) is 43.0 Å². The van der Waals surface area contributed by atoms with Crippen LogP contribution in [0.5, 0.6) is 5.88 Å². The quantitative estimate of drug-likeness (QED) is 0.236. The minimum Gasteiger partial charge on any atom is -0.480 e. The second-order valence-corrected chi connectivity index (χ2v) is 12.7. The summed E-state index contributed by atoms with van der Waals surface area (Å²) in [6.45, 7) is 3.79. The third-order valence-corrected chi connectivity index (χ3v) is 9.70. The largest absolute Gasteiger partial charge is 0.480 e. The molecule has 1 aromatic carbocycles. The van der Waals surface area contributed by atoms with Crippen LogP contribution in [0.1, 0.15) is 19.2 Å². The number of nitrogens with zero attached hydrogens (tertiary/aromatic N) is 6. The van der Waals surface area contributed by atoms with Gasteiger partial charge in [-0.3, -0.25) is 4.98 Å². The molecule has 5 aromatic rings. The second-order valence-electron chi connectivity index (χ2n) is 12.7. The van der Waals surface area contributed by atoms with E-state index in [4.69, 9.17) is 23.6 Å². The lowest BCUT2D eigenvalue weighted by atomic mass is 9.90. The lowest BCUT2D eigenvalue weighted by Crippen LogP contribution is -2.68. The molecular formula is C34H32F3N7O6. The van der Waals surface area contributed by atoms with Gasteiger partial charge < -0.3 is 38.9 Å². The van der Waals surface area contributed by atoms with Crippen LogP contribution >= 0.6 is 0 Å². The first-order chi connectivity index (χ1) is 24.0. The van der Waals surface area contributed by atoms with E-state index in [1.54, 1.807) is 49.9 Å². The number of fused-ring (bicyclic) bond motifs is 3. The molecule has 260 valence electrons. The Bertz CT molecular complexity index is 2110. The van der Waals surface area contributed by atoms with E-state index in [2.05, 4.69) is 25.2 Å². The predicted octanol–water partition coefficient (Wildman–Crippen LogP) is 5.00. The smallest absolute Gasteiger partial charge is 0.451 e. The molecule has 3 saturated heterocycles. The Morgan fingerprint density at radius 3 is 2.64 bits per heavy atom. The van der Waals surface area contributed by atoms with Crippen LogP contribution in [0.2, 0.25) is 0 Å². The minimum absolute atomic E-state index is 0.0400. The van der Waals surface area contributed by atoms with Gasteiger partial charge in [-0.25, -0.2) is 19.7 Å². The van der Waals surface area contributed by atoms with E-state index in [9.17, 15) is 23.1 Å². The Morgan fingerprint density at radius 2 is 1.90 bits per heavy atom. The van der Waals surface area contributed by atoms with Crippen molar-refractivity contribution in [2.45, 2.75) is 43.3 Å². The number of aliphatic carboxylic acids is 1. The van der Waals surface area contributed by atoms with E-state index in [0.717, 1.165) is 16.8 Å². The first kappa shape index (κ1) is 32.0. The minimum atomic E-state index is -4.89. The fourth-order valence-electron chi connectivity index (χ4n) is 6.94. The van der Waals surface area contributed by atoms with Gasteiger partial charge in [0.05, 0.1) is 38.1 Å². The van der Waals surface area contributed by atoms with Crippen LogP contribution in [0.25, 0.3) is 33.2 Å². The summed E-state index contributed by atoms with van der Waals surface area (Å²) >= 11 is 0. The van der Waals surface area contributed by atoms with Crippen molar-refractivity contribution in [1.29, 1.82) is 0 Å². The van der Waals surface area contributed by atoms with Gasteiger partial charge in [-0.15, -0.1) is 0 Å². The highest BCUT2D eigenvalue weighted by atomic mass is 19.4. The maximum atomic E-state index is 14.1. The summed E-state index contributed by atoms with van der Waals surface area (Å²) < 4.78 is 66.4. The molecule has 3 aliphatic heterocycles. The Morgan fingerprint density at radius 1 is 1.10 bits per heavy atom. The highest BCUT2D eigenvalue weighted by Crippen LogP contribution is 2.42. The predicted molar refractivity (Wildman–Crippen MR) is 175 cm³/mol. The molecule has 0 amide bonds. The first-order valence-electron chi connectivity index (χ1n) is 16.1. The molecule has 0 unspecified atom stereocenters. The van der Waals surface area contributed by atoms with Crippen molar-refractivity contribution < 1.29 is 41.7 Å². The zero-order valence-electron chi connectivity index (χ0n) is 27.0. The zero-order chi connectivity index (χ0) is 34.8. The molecule has 3 atom stereocenters. The number of carboxylic acids is 1. The van der Waals surface area contributed by atoms with Gasteiger partial charge in [0.25, 0.3) is 0 Å². The number of alkyl halides is 3. The van der Waals surface area contributed by atoms with Crippen molar-refractivity contribution in [3.63, 3.8) is 0 Å². The number of nitrogens with one attached hydrogen (secondary N) is 1. The topological polar surface area (TPSA) is 148 Å². The molecule has 3 aliphatic rings. The number of carboxylic acid groups (broad SMARTS) is 1. The van der Waals surface area contributed by atoms with Gasteiger partial charge in [0, 0.05) is 55.1 Å². The van der Waals surface area contributed by atoms with E-state index < -0.39 is 35.7 Å². The number of furan rings is 1. The van der Waals surface area contributed by atoms with Gasteiger partial charge in [-0.2, -0.15) is 13.2 Å². The van der Waals surface area contributed by atoms with Gasteiger partial charge in [0.2, 0.25) is 11.7 Å². The molecule has 8 rings (SSSR count). The summed E-state index contributed by atoms with van der Waals surface area (Å²) in [5.41, 5.74) is 2.77. The Balaban J connectivity index is 1.18. The van der Waals surface area contributed by atoms with Crippen molar-refractivity contribution in [2.75, 3.05) is 55.1 Å². The van der Waals surface area contributed by atoms with Crippen molar-refractivity contribution in [3.05, 3.63) is 60.8 Å². The van der Waals surface area contributed by atoms with E-state index in [1.165, 1.54) is 4.90 Å². The molecule has 0 bridgehead atoms. The van der Waals surface area contributed by atoms with Crippen LogP contribution in [0, 0.1) is 0 Å². The molecule has 3 fully saturated rings. The molecule has 1 spiro atoms. The zero-order valence-corrected chi connectivity index (χ0v) is 27.0. The molecular weight excluding hydrogens is 659 g/mol. The Hall–Kier alpha value is -5.22. The number of para-hydroxylation sites is 1. The summed E-state index contributed by atoms with van der Waals surface area (Å²) in [4.78, 5) is 32.8. The summed E-state index contributed by atoms with van der Waals surface area (Å²) in [7, 11) is 1.80. The molecule has 7 heterocycles. The van der Waals surface area contributed by atoms with Gasteiger partial charge in [-0.05, 0) is 31.2 Å². The number of aromatic nitrogens is 4. The monoisotopic (exact) mass is 691 g/mol. The third-order valence-electron chi connectivity index (χ3n) is 9.70. The molecule has 4 aromatic heterocycles. The van der Waals surface area contributed by atoms with Crippen LogP contribution < -0.4 is 19.9 Å². The van der Waals surface area contributed by atoms with Crippen LogP contribution in [-0.2, 0) is 20.4 Å². The summed E-state index contributed by atoms with van der Waals surface area (Å²) in [6.07, 6.45) is -0.648. The average Bonchev–Trinajstić information content (AvgIpc) is 3.69. The molecule has 0 saturated carbocycles. The number of ether oxygens (including phenoxy) is 3. The van der Waals surface area contributed by atoms with Gasteiger partial charge in [0.15, 0.2) is 11.4 Å². The van der Waals surface area contributed by atoms with Crippen LogP contribution in [0.4, 0.5) is 30.4 Å². The number of halogens is 3. The van der Waals surface area contributed by atoms with Crippen molar-refractivity contribution in [1.82, 2.24) is 19.9 Å². The fourth-order valence-corrected chi connectivity index (χ4v) is 6.94. The second kappa shape index (κ2) is 12.0. The Labute approximate surface area is 283 Å². The number of pyridine rings is 2. The molecule has 0 radical (unpaired) electrons. The molecule has 0 aliphatic carbocycles. The van der Waals surface area contributed by atoms with Gasteiger partial charge in [-0.1, -0.05) is 12.1 Å². The lowest BCUT2D eigenvalue weighted by molar-refractivity contribution is -0.228. The maximum absolute atomic E-state index is 14.1. The average molecular weight is 692 g/mol. The number of hydrogen-bond acceptors (Lipinski definition) is 12. The fraction of sp³-hybridized carbons (Fsp3) is 0.382. The lowest BCUT2D eigenvalue weighted by Gasteiger charge is -2.53. The number of hydrogen-bond donors (Lipinski definition) is 2. The highest BCUT2D eigenvalue weighted by molar-refractivity contribution is 6.06. The highest BCUT2D eigenvalue weighted by Gasteiger charge is 2.50. The molecule has 50 heavy (non-hydrogen) atoms. The summed E-state index contributed by atoms with van der Waals surface area (Å²) in [5, 5.41) is 13.8. The van der Waals surface area contributed by atoms with E-state index >= 15 is 0 Å². The van der Waals surface area contributed by atoms with E-state index in [-0.39, 0.29) is 41.8 Å². The number of benzene rings is 1. The number of carbonyl (C=O) groups is 1. The van der Waals surface area contributed by atoms with Gasteiger partial charge in [0.1, 0.15) is 34.5 Å². The maximum Gasteiger partial charge on any atom is 0.451 e. The molecule has 2 N–H and O–H groups in total. The van der Waals surface area contributed by atoms with Gasteiger partial charge >= 0.3 is 12.1 Å². The van der Waals surface area contributed by atoms with Crippen LogP contribution in [-0.4, -0.2) is 94.8 Å². The van der Waals surface area contributed by atoms with E-state index in [1.807, 2.05) is 19.1 Å². The summed E-state index contributed by atoms with van der Waals surface area (Å²) in [6, 6.07) is 9.04. The number of rotatable bonds is 7. The molecule has 13 nitrogen and oxygen atoms in total. The van der Waals surface area contributed by atoms with Crippen molar-refractivity contribution in [2.24, 2.45) is 0 Å². The van der Waals surface area contributed by atoms with Crippen LogP contribution in [0.15, 0.2) is 59.4 Å².